The number of amides is 2. The molecule has 0 bridgehead atoms. The number of carbonyl (C=O) groups excluding carboxylic acids is 2. The number of methoxy groups -OCH3 is 2. The molecule has 0 atom stereocenters. The van der Waals surface area contributed by atoms with Crippen LogP contribution in [0.1, 0.15) is 17.5 Å². The first-order chi connectivity index (χ1) is 14.1. The van der Waals surface area contributed by atoms with E-state index in [1.165, 1.54) is 0 Å². The summed E-state index contributed by atoms with van der Waals surface area (Å²) in [4.78, 5) is 28.8. The van der Waals surface area contributed by atoms with Crippen LogP contribution in [0.4, 0.5) is 0 Å². The summed E-state index contributed by atoms with van der Waals surface area (Å²) in [5, 5.41) is 0. The SMILES string of the molecule is COc1ccc(CCC(=O)N2CCN(C(=O)Cc3ccccc3)CC2)cc1OC. The zero-order valence-corrected chi connectivity index (χ0v) is 17.1. The van der Waals surface area contributed by atoms with Crippen molar-refractivity contribution in [3.8, 4) is 11.5 Å². The fourth-order valence-corrected chi connectivity index (χ4v) is 3.53. The molecule has 3 rings (SSSR count). The van der Waals surface area contributed by atoms with Crippen LogP contribution in [-0.4, -0.2) is 62.0 Å². The second-order valence-corrected chi connectivity index (χ2v) is 7.11. The van der Waals surface area contributed by atoms with Crippen LogP contribution in [0.5, 0.6) is 11.5 Å². The molecule has 2 aromatic rings. The molecule has 0 saturated carbocycles. The average Bonchev–Trinajstić information content (AvgIpc) is 2.78. The Kier molecular flexibility index (Phi) is 7.11. The molecule has 29 heavy (non-hydrogen) atoms. The number of aryl methyl sites for hydroxylation is 1. The van der Waals surface area contributed by atoms with Crippen LogP contribution in [0.3, 0.4) is 0 Å². The smallest absolute Gasteiger partial charge is 0.227 e. The van der Waals surface area contributed by atoms with Crippen LogP contribution in [0.25, 0.3) is 0 Å². The van der Waals surface area contributed by atoms with Crippen molar-refractivity contribution in [1.29, 1.82) is 0 Å². The van der Waals surface area contributed by atoms with Gasteiger partial charge in [0.2, 0.25) is 11.8 Å². The fourth-order valence-electron chi connectivity index (χ4n) is 3.53. The predicted octanol–water partition coefficient (Wildman–Crippen LogP) is 2.55. The molecule has 0 aliphatic carbocycles. The molecule has 1 saturated heterocycles. The molecule has 1 fully saturated rings. The minimum absolute atomic E-state index is 0.119. The molecule has 0 spiro atoms. The maximum Gasteiger partial charge on any atom is 0.227 e. The average molecular weight is 396 g/mol. The number of hydrogen-bond donors (Lipinski definition) is 0. The number of ether oxygens (including phenoxy) is 2. The maximum atomic E-state index is 12.6. The molecular weight excluding hydrogens is 368 g/mol. The minimum atomic E-state index is 0.119. The molecule has 0 N–H and O–H groups in total. The van der Waals surface area contributed by atoms with E-state index in [0.29, 0.717) is 56.9 Å². The molecule has 2 aromatic carbocycles. The lowest BCUT2D eigenvalue weighted by Gasteiger charge is -2.35. The Bertz CT molecular complexity index is 830. The Morgan fingerprint density at radius 2 is 1.41 bits per heavy atom. The van der Waals surface area contributed by atoms with E-state index in [4.69, 9.17) is 9.47 Å². The Balaban J connectivity index is 1.46. The normalized spacial score (nSPS) is 13.9. The molecular formula is C23H28N2O4. The van der Waals surface area contributed by atoms with Crippen molar-refractivity contribution < 1.29 is 19.1 Å². The van der Waals surface area contributed by atoms with E-state index < -0.39 is 0 Å². The highest BCUT2D eigenvalue weighted by Crippen LogP contribution is 2.28. The van der Waals surface area contributed by atoms with E-state index in [-0.39, 0.29) is 11.8 Å². The Morgan fingerprint density at radius 1 is 0.793 bits per heavy atom. The van der Waals surface area contributed by atoms with Gasteiger partial charge in [0.05, 0.1) is 20.6 Å². The summed E-state index contributed by atoms with van der Waals surface area (Å²) in [6.07, 6.45) is 1.49. The zero-order valence-electron chi connectivity index (χ0n) is 17.1. The van der Waals surface area contributed by atoms with Crippen LogP contribution in [0.2, 0.25) is 0 Å². The predicted molar refractivity (Wildman–Crippen MR) is 111 cm³/mol. The van der Waals surface area contributed by atoms with Crippen LogP contribution < -0.4 is 9.47 Å². The van der Waals surface area contributed by atoms with Crippen molar-refractivity contribution in [2.45, 2.75) is 19.3 Å². The first-order valence-corrected chi connectivity index (χ1v) is 9.91. The van der Waals surface area contributed by atoms with E-state index in [9.17, 15) is 9.59 Å². The Hall–Kier alpha value is -3.02. The molecule has 1 aliphatic rings. The van der Waals surface area contributed by atoms with Gasteiger partial charge in [-0.25, -0.2) is 0 Å². The fraction of sp³-hybridized carbons (Fsp3) is 0.391. The van der Waals surface area contributed by atoms with Crippen molar-refractivity contribution in [2.75, 3.05) is 40.4 Å². The molecule has 1 aliphatic heterocycles. The van der Waals surface area contributed by atoms with Crippen LogP contribution in [0, 0.1) is 0 Å². The summed E-state index contributed by atoms with van der Waals surface area (Å²) in [5.41, 5.74) is 2.05. The van der Waals surface area contributed by atoms with Crippen molar-refractivity contribution in [1.82, 2.24) is 9.80 Å². The highest BCUT2D eigenvalue weighted by molar-refractivity contribution is 5.80. The number of hydrogen-bond acceptors (Lipinski definition) is 4. The van der Waals surface area contributed by atoms with Gasteiger partial charge in [-0.15, -0.1) is 0 Å². The molecule has 0 aromatic heterocycles. The van der Waals surface area contributed by atoms with Gasteiger partial charge in [-0.1, -0.05) is 36.4 Å². The largest absolute Gasteiger partial charge is 0.493 e. The van der Waals surface area contributed by atoms with Crippen molar-refractivity contribution in [2.24, 2.45) is 0 Å². The molecule has 154 valence electrons. The van der Waals surface area contributed by atoms with Crippen molar-refractivity contribution in [3.63, 3.8) is 0 Å². The van der Waals surface area contributed by atoms with Crippen LogP contribution >= 0.6 is 0 Å². The second kappa shape index (κ2) is 9.96. The number of benzene rings is 2. The summed E-state index contributed by atoms with van der Waals surface area (Å²) in [7, 11) is 3.21. The first kappa shape index (κ1) is 20.7. The molecule has 1 heterocycles. The van der Waals surface area contributed by atoms with Gasteiger partial charge in [-0.3, -0.25) is 9.59 Å². The first-order valence-electron chi connectivity index (χ1n) is 9.91. The number of piperazine rings is 1. The van der Waals surface area contributed by atoms with E-state index in [1.54, 1.807) is 14.2 Å². The van der Waals surface area contributed by atoms with Gasteiger partial charge < -0.3 is 19.3 Å². The van der Waals surface area contributed by atoms with Gasteiger partial charge in [-0.05, 0) is 29.7 Å². The van der Waals surface area contributed by atoms with E-state index >= 15 is 0 Å². The quantitative estimate of drug-likeness (QED) is 0.722. The zero-order chi connectivity index (χ0) is 20.6. The van der Waals surface area contributed by atoms with Gasteiger partial charge in [0.15, 0.2) is 11.5 Å². The number of rotatable bonds is 7. The summed E-state index contributed by atoms with van der Waals surface area (Å²) in [6, 6.07) is 15.5. The van der Waals surface area contributed by atoms with Gasteiger partial charge in [0.25, 0.3) is 0 Å². The van der Waals surface area contributed by atoms with Crippen LogP contribution in [0.15, 0.2) is 48.5 Å². The Morgan fingerprint density at radius 3 is 2.03 bits per heavy atom. The summed E-state index contributed by atoms with van der Waals surface area (Å²) >= 11 is 0. The summed E-state index contributed by atoms with van der Waals surface area (Å²) in [6.45, 7) is 2.36. The minimum Gasteiger partial charge on any atom is -0.493 e. The molecule has 0 unspecified atom stereocenters. The summed E-state index contributed by atoms with van der Waals surface area (Å²) in [5.74, 6) is 1.59. The van der Waals surface area contributed by atoms with Crippen LogP contribution in [-0.2, 0) is 22.4 Å². The molecule has 2 amide bonds. The Labute approximate surface area is 172 Å². The lowest BCUT2D eigenvalue weighted by molar-refractivity contribution is -0.139. The van der Waals surface area contributed by atoms with E-state index in [1.807, 2.05) is 58.3 Å². The topological polar surface area (TPSA) is 59.1 Å². The monoisotopic (exact) mass is 396 g/mol. The maximum absolute atomic E-state index is 12.6. The highest BCUT2D eigenvalue weighted by atomic mass is 16.5. The third kappa shape index (κ3) is 5.50. The van der Waals surface area contributed by atoms with E-state index in [0.717, 1.165) is 11.1 Å². The number of carbonyl (C=O) groups is 2. The standard InChI is InChI=1S/C23H28N2O4/c1-28-20-10-8-19(16-21(20)29-2)9-11-22(26)24-12-14-25(15-13-24)23(27)17-18-6-4-3-5-7-18/h3-8,10,16H,9,11-15,17H2,1-2H3. The second-order valence-electron chi connectivity index (χ2n) is 7.11. The summed E-state index contributed by atoms with van der Waals surface area (Å²) < 4.78 is 10.6. The third-order valence-corrected chi connectivity index (χ3v) is 5.26. The third-order valence-electron chi connectivity index (χ3n) is 5.26. The van der Waals surface area contributed by atoms with Gasteiger partial charge in [0.1, 0.15) is 0 Å². The van der Waals surface area contributed by atoms with Gasteiger partial charge >= 0.3 is 0 Å². The van der Waals surface area contributed by atoms with E-state index in [2.05, 4.69) is 0 Å². The molecule has 6 heteroatoms. The highest BCUT2D eigenvalue weighted by Gasteiger charge is 2.24. The van der Waals surface area contributed by atoms with Crippen molar-refractivity contribution in [3.05, 3.63) is 59.7 Å². The lowest BCUT2D eigenvalue weighted by Crippen LogP contribution is -2.51. The molecule has 6 nitrogen and oxygen atoms in total. The van der Waals surface area contributed by atoms with Gasteiger partial charge in [-0.2, -0.15) is 0 Å². The number of nitrogens with zero attached hydrogens (tertiary/aromatic N) is 2. The van der Waals surface area contributed by atoms with Gasteiger partial charge in [0, 0.05) is 32.6 Å². The lowest BCUT2D eigenvalue weighted by atomic mass is 10.1. The van der Waals surface area contributed by atoms with Crippen molar-refractivity contribution >= 4 is 11.8 Å². The molecule has 0 radical (unpaired) electrons.